The summed E-state index contributed by atoms with van der Waals surface area (Å²) in [6.07, 6.45) is 5.25. The van der Waals surface area contributed by atoms with Crippen LogP contribution in [0.25, 0.3) is 0 Å². The molecule has 0 bridgehead atoms. The molecule has 2 rings (SSSR count). The van der Waals surface area contributed by atoms with E-state index in [4.69, 9.17) is 0 Å². The number of nitrogens with one attached hydrogen (secondary N) is 2. The number of aliphatic hydroxyl groups is 1. The molecule has 1 saturated carbocycles. The fourth-order valence-corrected chi connectivity index (χ4v) is 2.42. The molecule has 0 radical (unpaired) electrons. The number of hydrogen-bond acceptors (Lipinski definition) is 4. The molecule has 17 heavy (non-hydrogen) atoms. The van der Waals surface area contributed by atoms with Crippen LogP contribution in [0.3, 0.4) is 0 Å². The Labute approximate surface area is 104 Å². The number of carbonyl (C=O) groups excluding carboxylic acids is 1. The van der Waals surface area contributed by atoms with Crippen LogP contribution in [0.2, 0.25) is 0 Å². The number of anilines is 1. The number of hydrogen-bond donors (Lipinski definition) is 3. The topological polar surface area (TPSA) is 74.2 Å². The van der Waals surface area contributed by atoms with E-state index < -0.39 is 5.60 Å². The van der Waals surface area contributed by atoms with Crippen molar-refractivity contribution in [1.82, 2.24) is 10.3 Å². The van der Waals surface area contributed by atoms with Gasteiger partial charge in [0, 0.05) is 17.6 Å². The van der Waals surface area contributed by atoms with Gasteiger partial charge in [-0.1, -0.05) is 6.92 Å². The van der Waals surface area contributed by atoms with E-state index in [1.165, 1.54) is 11.3 Å². The first-order valence-electron chi connectivity index (χ1n) is 5.83. The zero-order valence-corrected chi connectivity index (χ0v) is 10.6. The molecule has 1 aromatic rings. The lowest BCUT2D eigenvalue weighted by Gasteiger charge is -2.36. The van der Waals surface area contributed by atoms with Crippen LogP contribution in [0, 0.1) is 0 Å². The van der Waals surface area contributed by atoms with Gasteiger partial charge in [-0.05, 0) is 25.7 Å². The molecule has 1 aromatic heterocycles. The third-order valence-corrected chi connectivity index (χ3v) is 4.04. The van der Waals surface area contributed by atoms with Crippen molar-refractivity contribution in [3.63, 3.8) is 0 Å². The third-order valence-electron chi connectivity index (χ3n) is 2.98. The number of aromatic nitrogens is 1. The lowest BCUT2D eigenvalue weighted by atomic mass is 9.80. The van der Waals surface area contributed by atoms with Crippen molar-refractivity contribution < 1.29 is 9.90 Å². The molecule has 1 aliphatic rings. The molecule has 1 aliphatic carbocycles. The molecule has 0 aromatic carbocycles. The number of carbonyl (C=O) groups is 1. The normalized spacial score (nSPS) is 17.3. The van der Waals surface area contributed by atoms with Crippen molar-refractivity contribution in [2.45, 2.75) is 38.2 Å². The van der Waals surface area contributed by atoms with E-state index in [-0.39, 0.29) is 6.03 Å². The third kappa shape index (κ3) is 3.17. The molecule has 0 saturated heterocycles. The Morgan fingerprint density at radius 3 is 2.94 bits per heavy atom. The minimum Gasteiger partial charge on any atom is -0.388 e. The maximum Gasteiger partial charge on any atom is 0.321 e. The highest BCUT2D eigenvalue weighted by Gasteiger charge is 2.34. The van der Waals surface area contributed by atoms with E-state index in [1.807, 2.05) is 6.92 Å². The summed E-state index contributed by atoms with van der Waals surface area (Å²) in [5.41, 5.74) is -0.686. The molecule has 1 fully saturated rings. The van der Waals surface area contributed by atoms with Crippen molar-refractivity contribution in [2.75, 3.05) is 11.9 Å². The van der Waals surface area contributed by atoms with E-state index in [1.54, 1.807) is 6.20 Å². The Morgan fingerprint density at radius 2 is 2.41 bits per heavy atom. The van der Waals surface area contributed by atoms with Crippen LogP contribution in [-0.4, -0.2) is 28.3 Å². The summed E-state index contributed by atoms with van der Waals surface area (Å²) in [5, 5.41) is 15.7. The lowest BCUT2D eigenvalue weighted by Crippen LogP contribution is -2.48. The molecule has 1 heterocycles. The average Bonchev–Trinajstić information content (AvgIpc) is 2.71. The molecule has 3 N–H and O–H groups in total. The summed E-state index contributed by atoms with van der Waals surface area (Å²) < 4.78 is 0. The smallest absolute Gasteiger partial charge is 0.321 e. The van der Waals surface area contributed by atoms with Crippen molar-refractivity contribution >= 4 is 22.5 Å². The molecular formula is C11H17N3O2S. The Kier molecular flexibility index (Phi) is 3.63. The number of thiazole rings is 1. The van der Waals surface area contributed by atoms with Crippen molar-refractivity contribution in [3.8, 4) is 0 Å². The van der Waals surface area contributed by atoms with Gasteiger partial charge in [0.15, 0.2) is 5.13 Å². The van der Waals surface area contributed by atoms with Crippen molar-refractivity contribution in [2.24, 2.45) is 0 Å². The first-order valence-corrected chi connectivity index (χ1v) is 6.65. The number of urea groups is 1. The van der Waals surface area contributed by atoms with Gasteiger partial charge in [-0.15, -0.1) is 11.3 Å². The summed E-state index contributed by atoms with van der Waals surface area (Å²) in [7, 11) is 0. The van der Waals surface area contributed by atoms with Gasteiger partial charge in [-0.2, -0.15) is 0 Å². The second-order valence-electron chi connectivity index (χ2n) is 4.37. The van der Waals surface area contributed by atoms with Crippen LogP contribution < -0.4 is 10.6 Å². The monoisotopic (exact) mass is 255 g/mol. The SMILES string of the molecule is CCc1cnc(NC(=O)NCC2(O)CCC2)s1. The zero-order chi connectivity index (χ0) is 12.3. The van der Waals surface area contributed by atoms with E-state index in [9.17, 15) is 9.90 Å². The van der Waals surface area contributed by atoms with Gasteiger partial charge >= 0.3 is 6.03 Å². The zero-order valence-electron chi connectivity index (χ0n) is 9.82. The lowest BCUT2D eigenvalue weighted by molar-refractivity contribution is -0.0287. The van der Waals surface area contributed by atoms with E-state index >= 15 is 0 Å². The number of aryl methyl sites for hydroxylation is 1. The number of nitrogens with zero attached hydrogens (tertiary/aromatic N) is 1. The molecular weight excluding hydrogens is 238 g/mol. The van der Waals surface area contributed by atoms with Gasteiger partial charge in [-0.3, -0.25) is 5.32 Å². The van der Waals surface area contributed by atoms with Gasteiger partial charge < -0.3 is 10.4 Å². The van der Waals surface area contributed by atoms with E-state index in [0.29, 0.717) is 11.7 Å². The minimum absolute atomic E-state index is 0.303. The highest BCUT2D eigenvalue weighted by molar-refractivity contribution is 7.15. The fourth-order valence-electron chi connectivity index (χ4n) is 1.68. The standard InChI is InChI=1S/C11H17N3O2S/c1-2-8-6-12-10(17-8)14-9(15)13-7-11(16)4-3-5-11/h6,16H,2-5,7H2,1H3,(H2,12,13,14,15). The van der Waals surface area contributed by atoms with Gasteiger partial charge in [0.25, 0.3) is 0 Å². The molecule has 5 nitrogen and oxygen atoms in total. The van der Waals surface area contributed by atoms with Crippen LogP contribution in [-0.2, 0) is 6.42 Å². The summed E-state index contributed by atoms with van der Waals surface area (Å²) >= 11 is 1.47. The molecule has 0 aliphatic heterocycles. The highest BCUT2D eigenvalue weighted by atomic mass is 32.1. The van der Waals surface area contributed by atoms with Crippen molar-refractivity contribution in [3.05, 3.63) is 11.1 Å². The second kappa shape index (κ2) is 5.01. The van der Waals surface area contributed by atoms with Gasteiger partial charge in [0.05, 0.1) is 5.60 Å². The maximum absolute atomic E-state index is 11.5. The molecule has 0 unspecified atom stereocenters. The van der Waals surface area contributed by atoms with Gasteiger partial charge in [0.1, 0.15) is 0 Å². The predicted molar refractivity (Wildman–Crippen MR) is 67.3 cm³/mol. The number of rotatable bonds is 4. The average molecular weight is 255 g/mol. The summed E-state index contributed by atoms with van der Waals surface area (Å²) in [6, 6.07) is -0.303. The highest BCUT2D eigenvalue weighted by Crippen LogP contribution is 2.30. The fraction of sp³-hybridized carbons (Fsp3) is 0.636. The first-order chi connectivity index (χ1) is 8.11. The largest absolute Gasteiger partial charge is 0.388 e. The summed E-state index contributed by atoms with van der Waals surface area (Å²) in [6.45, 7) is 2.36. The Hall–Kier alpha value is -1.14. The first kappa shape index (κ1) is 12.3. The molecule has 0 atom stereocenters. The second-order valence-corrected chi connectivity index (χ2v) is 5.49. The summed E-state index contributed by atoms with van der Waals surface area (Å²) in [5.74, 6) is 0. The summed E-state index contributed by atoms with van der Waals surface area (Å²) in [4.78, 5) is 16.8. The van der Waals surface area contributed by atoms with Crippen LogP contribution in [0.1, 0.15) is 31.1 Å². The Bertz CT molecular complexity index is 401. The van der Waals surface area contributed by atoms with Crippen molar-refractivity contribution in [1.29, 1.82) is 0 Å². The molecule has 94 valence electrons. The van der Waals surface area contributed by atoms with E-state index in [2.05, 4.69) is 15.6 Å². The molecule has 0 spiro atoms. The van der Waals surface area contributed by atoms with Crippen LogP contribution >= 0.6 is 11.3 Å². The maximum atomic E-state index is 11.5. The van der Waals surface area contributed by atoms with Crippen LogP contribution in [0.15, 0.2) is 6.20 Å². The predicted octanol–water partition coefficient (Wildman–Crippen LogP) is 1.74. The van der Waals surface area contributed by atoms with Crippen LogP contribution in [0.5, 0.6) is 0 Å². The minimum atomic E-state index is -0.686. The molecule has 6 heteroatoms. The number of amides is 2. The Morgan fingerprint density at radius 1 is 1.65 bits per heavy atom. The van der Waals surface area contributed by atoms with E-state index in [0.717, 1.165) is 30.6 Å². The van der Waals surface area contributed by atoms with Gasteiger partial charge in [0.2, 0.25) is 0 Å². The molecule has 2 amide bonds. The van der Waals surface area contributed by atoms with Crippen LogP contribution in [0.4, 0.5) is 9.93 Å². The quantitative estimate of drug-likeness (QED) is 0.767. The van der Waals surface area contributed by atoms with Gasteiger partial charge in [-0.25, -0.2) is 9.78 Å². The Balaban J connectivity index is 1.76.